The van der Waals surface area contributed by atoms with Gasteiger partial charge in [-0.05, 0) is 75.3 Å². The third kappa shape index (κ3) is 6.14. The predicted molar refractivity (Wildman–Crippen MR) is 110 cm³/mol. The summed E-state index contributed by atoms with van der Waals surface area (Å²) in [6.45, 7) is 5.62. The average Bonchev–Trinajstić information content (AvgIpc) is 2.77. The fourth-order valence-corrected chi connectivity index (χ4v) is 4.58. The number of rotatable bonds is 9. The lowest BCUT2D eigenvalue weighted by atomic mass is 9.76. The van der Waals surface area contributed by atoms with Crippen LogP contribution in [0.3, 0.4) is 0 Å². The number of unbranched alkanes of at least 4 members (excludes halogenated alkanes) is 1. The van der Waals surface area contributed by atoms with Crippen LogP contribution in [0.4, 0.5) is 8.78 Å². The molecule has 1 aliphatic heterocycles. The summed E-state index contributed by atoms with van der Waals surface area (Å²) in [7, 11) is 0. The number of ether oxygens (including phenoxy) is 3. The molecule has 1 saturated heterocycles. The van der Waals surface area contributed by atoms with Crippen LogP contribution in [0.15, 0.2) is 12.1 Å². The number of hydrogen-bond donors (Lipinski definition) is 0. The monoisotopic (exact) mass is 410 g/mol. The molecule has 0 amide bonds. The zero-order valence-electron chi connectivity index (χ0n) is 17.9. The molecule has 1 aromatic rings. The fraction of sp³-hybridized carbons (Fsp3) is 0.750. The molecule has 1 saturated carbocycles. The third-order valence-corrected chi connectivity index (χ3v) is 6.60. The van der Waals surface area contributed by atoms with Crippen molar-refractivity contribution in [1.82, 2.24) is 0 Å². The molecule has 0 bridgehead atoms. The van der Waals surface area contributed by atoms with Crippen LogP contribution in [0.2, 0.25) is 0 Å². The van der Waals surface area contributed by atoms with Crippen LogP contribution in [0.5, 0.6) is 5.75 Å². The highest BCUT2D eigenvalue weighted by atomic mass is 19.2. The minimum atomic E-state index is -0.909. The van der Waals surface area contributed by atoms with Gasteiger partial charge in [-0.25, -0.2) is 4.39 Å². The molecule has 2 unspecified atom stereocenters. The molecule has 3 rings (SSSR count). The molecule has 0 aromatic heterocycles. The van der Waals surface area contributed by atoms with Crippen LogP contribution in [0.1, 0.15) is 77.2 Å². The van der Waals surface area contributed by atoms with Crippen LogP contribution < -0.4 is 4.74 Å². The largest absolute Gasteiger partial charge is 0.490 e. The zero-order valence-corrected chi connectivity index (χ0v) is 17.9. The lowest BCUT2D eigenvalue weighted by Crippen LogP contribution is -2.33. The second-order valence-corrected chi connectivity index (χ2v) is 8.60. The van der Waals surface area contributed by atoms with E-state index in [1.54, 1.807) is 6.07 Å². The van der Waals surface area contributed by atoms with Crippen molar-refractivity contribution in [3.8, 4) is 5.75 Å². The maximum atomic E-state index is 14.3. The molecule has 1 aromatic carbocycles. The van der Waals surface area contributed by atoms with Crippen LogP contribution in [0.25, 0.3) is 0 Å². The predicted octanol–water partition coefficient (Wildman–Crippen LogP) is 6.42. The molecule has 1 aliphatic carbocycles. The van der Waals surface area contributed by atoms with Gasteiger partial charge in [-0.3, -0.25) is 0 Å². The summed E-state index contributed by atoms with van der Waals surface area (Å²) in [4.78, 5) is 0. The zero-order chi connectivity index (χ0) is 20.6. The Hall–Kier alpha value is -1.20. The highest BCUT2D eigenvalue weighted by Crippen LogP contribution is 2.37. The highest BCUT2D eigenvalue weighted by molar-refractivity contribution is 5.30. The van der Waals surface area contributed by atoms with Gasteiger partial charge in [0.2, 0.25) is 5.82 Å². The first kappa shape index (κ1) is 22.5. The molecule has 2 aliphatic rings. The van der Waals surface area contributed by atoms with E-state index in [-0.39, 0.29) is 24.0 Å². The van der Waals surface area contributed by atoms with Crippen molar-refractivity contribution < 1.29 is 23.0 Å². The Morgan fingerprint density at radius 2 is 1.72 bits per heavy atom. The molecular weight excluding hydrogens is 374 g/mol. The molecule has 2 atom stereocenters. The van der Waals surface area contributed by atoms with Crippen molar-refractivity contribution >= 4 is 0 Å². The van der Waals surface area contributed by atoms with Gasteiger partial charge < -0.3 is 14.2 Å². The summed E-state index contributed by atoms with van der Waals surface area (Å²) in [5, 5.41) is 0. The summed E-state index contributed by atoms with van der Waals surface area (Å²) in [6, 6.07) is 3.09. The first-order valence-corrected chi connectivity index (χ1v) is 11.4. The number of halogens is 2. The van der Waals surface area contributed by atoms with E-state index < -0.39 is 11.6 Å². The molecular formula is C24H36F2O3. The van der Waals surface area contributed by atoms with E-state index >= 15 is 0 Å². The Kier molecular flexibility index (Phi) is 8.73. The second-order valence-electron chi connectivity index (χ2n) is 8.60. The Morgan fingerprint density at radius 1 is 0.966 bits per heavy atom. The first-order valence-electron chi connectivity index (χ1n) is 11.4. The average molecular weight is 411 g/mol. The van der Waals surface area contributed by atoms with E-state index in [1.807, 2.05) is 6.92 Å². The maximum absolute atomic E-state index is 14.3. The maximum Gasteiger partial charge on any atom is 0.200 e. The molecule has 0 spiro atoms. The van der Waals surface area contributed by atoms with Crippen LogP contribution in [-0.2, 0) is 16.1 Å². The Balaban J connectivity index is 1.43. The molecule has 5 heteroatoms. The van der Waals surface area contributed by atoms with E-state index in [1.165, 1.54) is 18.9 Å². The van der Waals surface area contributed by atoms with Gasteiger partial charge >= 0.3 is 0 Å². The SMILES string of the molecule is CCCCOc1ccc(COC2CCC(C3CCC(CC)OC3)CC2)c(F)c1F. The van der Waals surface area contributed by atoms with Gasteiger partial charge in [0.1, 0.15) is 0 Å². The van der Waals surface area contributed by atoms with E-state index in [2.05, 4.69) is 6.92 Å². The van der Waals surface area contributed by atoms with E-state index in [4.69, 9.17) is 14.2 Å². The van der Waals surface area contributed by atoms with Crippen LogP contribution >= 0.6 is 0 Å². The van der Waals surface area contributed by atoms with Crippen molar-refractivity contribution in [2.45, 2.75) is 90.4 Å². The van der Waals surface area contributed by atoms with Gasteiger partial charge in [-0.15, -0.1) is 0 Å². The van der Waals surface area contributed by atoms with Crippen molar-refractivity contribution in [2.24, 2.45) is 11.8 Å². The van der Waals surface area contributed by atoms with E-state index in [0.29, 0.717) is 24.5 Å². The van der Waals surface area contributed by atoms with Gasteiger partial charge in [-0.1, -0.05) is 20.3 Å². The topological polar surface area (TPSA) is 27.7 Å². The van der Waals surface area contributed by atoms with Crippen LogP contribution in [0, 0.1) is 23.5 Å². The molecule has 29 heavy (non-hydrogen) atoms. The smallest absolute Gasteiger partial charge is 0.200 e. The standard InChI is InChI=1S/C24H36F2O3/c1-3-5-14-27-22-13-9-19(23(25)24(22)26)16-29-21-11-6-17(7-12-21)18-8-10-20(4-2)28-15-18/h9,13,17-18,20-21H,3-8,10-12,14-16H2,1-2H3. The molecule has 3 nitrogen and oxygen atoms in total. The molecule has 1 heterocycles. The molecule has 0 N–H and O–H groups in total. The number of benzene rings is 1. The van der Waals surface area contributed by atoms with Crippen molar-refractivity contribution in [2.75, 3.05) is 13.2 Å². The minimum Gasteiger partial charge on any atom is -0.490 e. The van der Waals surface area contributed by atoms with Gasteiger partial charge in [0, 0.05) is 5.56 Å². The summed E-state index contributed by atoms with van der Waals surface area (Å²) < 4.78 is 45.8. The second kappa shape index (κ2) is 11.3. The summed E-state index contributed by atoms with van der Waals surface area (Å²) in [5.41, 5.74) is 0.263. The quantitative estimate of drug-likeness (QED) is 0.439. The lowest BCUT2D eigenvalue weighted by Gasteiger charge is -2.37. The molecule has 2 fully saturated rings. The van der Waals surface area contributed by atoms with E-state index in [9.17, 15) is 8.78 Å². The van der Waals surface area contributed by atoms with Gasteiger partial charge in [-0.2, -0.15) is 4.39 Å². The van der Waals surface area contributed by atoms with E-state index in [0.717, 1.165) is 51.6 Å². The third-order valence-electron chi connectivity index (χ3n) is 6.60. The fourth-order valence-electron chi connectivity index (χ4n) is 4.58. The molecule has 0 radical (unpaired) electrons. The van der Waals surface area contributed by atoms with Crippen LogP contribution in [-0.4, -0.2) is 25.4 Å². The Morgan fingerprint density at radius 3 is 2.38 bits per heavy atom. The highest BCUT2D eigenvalue weighted by Gasteiger charge is 2.31. The Bertz CT molecular complexity index is 621. The van der Waals surface area contributed by atoms with Gasteiger partial charge in [0.15, 0.2) is 11.6 Å². The van der Waals surface area contributed by atoms with Gasteiger partial charge in [0.25, 0.3) is 0 Å². The lowest BCUT2D eigenvalue weighted by molar-refractivity contribution is -0.0521. The summed E-state index contributed by atoms with van der Waals surface area (Å²) >= 11 is 0. The number of hydrogen-bond acceptors (Lipinski definition) is 3. The first-order chi connectivity index (χ1) is 14.1. The van der Waals surface area contributed by atoms with Crippen molar-refractivity contribution in [1.29, 1.82) is 0 Å². The summed E-state index contributed by atoms with van der Waals surface area (Å²) in [5.74, 6) is -0.390. The van der Waals surface area contributed by atoms with Gasteiger partial charge in [0.05, 0.1) is 32.0 Å². The molecule has 164 valence electrons. The summed E-state index contributed by atoms with van der Waals surface area (Å²) in [6.07, 6.45) is 10.1. The Labute approximate surface area is 174 Å². The normalized spacial score (nSPS) is 27.7. The minimum absolute atomic E-state index is 0.0137. The van der Waals surface area contributed by atoms with Crippen molar-refractivity contribution in [3.05, 3.63) is 29.3 Å². The van der Waals surface area contributed by atoms with Crippen molar-refractivity contribution in [3.63, 3.8) is 0 Å².